The van der Waals surface area contributed by atoms with E-state index < -0.39 is 0 Å². The second-order valence-corrected chi connectivity index (χ2v) is 4.88. The first-order valence-corrected chi connectivity index (χ1v) is 6.17. The normalized spacial score (nSPS) is 29.8. The van der Waals surface area contributed by atoms with Crippen molar-refractivity contribution >= 4 is 18.4 Å². The molecule has 2 rings (SSSR count). The zero-order valence-corrected chi connectivity index (χ0v) is 11.4. The molecule has 0 aromatic carbocycles. The van der Waals surface area contributed by atoms with Gasteiger partial charge in [0.05, 0.1) is 0 Å². The minimum absolute atomic E-state index is 0. The van der Waals surface area contributed by atoms with E-state index >= 15 is 0 Å². The summed E-state index contributed by atoms with van der Waals surface area (Å²) in [6, 6.07) is 1.04. The molecule has 5 nitrogen and oxygen atoms in total. The number of rotatable bonds is 0. The first kappa shape index (κ1) is 14.5. The minimum atomic E-state index is 0. The molecule has 2 N–H and O–H groups in total. The lowest BCUT2D eigenvalue weighted by molar-refractivity contribution is 0.126. The Bertz CT molecular complexity index is 240. The van der Waals surface area contributed by atoms with Gasteiger partial charge in [0, 0.05) is 51.4 Å². The van der Waals surface area contributed by atoms with Gasteiger partial charge < -0.3 is 20.4 Å². The van der Waals surface area contributed by atoms with Crippen LogP contribution in [0.1, 0.15) is 13.8 Å². The second kappa shape index (κ2) is 6.42. The standard InChI is InChI=1S/C11H22N4O.ClH/c1-9-7-14(5-3-12-9)11(16)15-6-4-13-10(2)8-15;/h9-10,12-13H,3-8H2,1-2H3;1H/t9-,10-;/m1./s1. The number of halogens is 1. The molecule has 2 atom stereocenters. The molecule has 0 aromatic rings. The second-order valence-electron chi connectivity index (χ2n) is 4.88. The summed E-state index contributed by atoms with van der Waals surface area (Å²) in [7, 11) is 0. The number of piperazine rings is 2. The molecule has 2 saturated heterocycles. The van der Waals surface area contributed by atoms with Crippen LogP contribution in [0.15, 0.2) is 0 Å². The molecule has 2 amide bonds. The molecule has 100 valence electrons. The van der Waals surface area contributed by atoms with Crippen LogP contribution in [0, 0.1) is 0 Å². The zero-order chi connectivity index (χ0) is 11.5. The van der Waals surface area contributed by atoms with Crippen LogP contribution in [-0.2, 0) is 0 Å². The SMILES string of the molecule is C[C@@H]1CN(C(=O)N2CCN[C@H](C)C2)CCN1.Cl. The van der Waals surface area contributed by atoms with Gasteiger partial charge in [-0.2, -0.15) is 0 Å². The van der Waals surface area contributed by atoms with Gasteiger partial charge in [0.15, 0.2) is 0 Å². The summed E-state index contributed by atoms with van der Waals surface area (Å²) in [6.45, 7) is 9.40. The van der Waals surface area contributed by atoms with E-state index in [1.165, 1.54) is 0 Å². The molecule has 17 heavy (non-hydrogen) atoms. The average molecular weight is 263 g/mol. The molecule has 0 bridgehead atoms. The lowest BCUT2D eigenvalue weighted by Gasteiger charge is -2.39. The van der Waals surface area contributed by atoms with Crippen LogP contribution in [-0.4, -0.2) is 67.2 Å². The summed E-state index contributed by atoms with van der Waals surface area (Å²) >= 11 is 0. The van der Waals surface area contributed by atoms with Crippen molar-refractivity contribution in [3.05, 3.63) is 0 Å². The number of nitrogens with one attached hydrogen (secondary N) is 2. The van der Waals surface area contributed by atoms with Crippen molar-refractivity contribution in [3.8, 4) is 0 Å². The van der Waals surface area contributed by atoms with Gasteiger partial charge in [0.25, 0.3) is 0 Å². The summed E-state index contributed by atoms with van der Waals surface area (Å²) in [5.74, 6) is 0. The van der Waals surface area contributed by atoms with Gasteiger partial charge in [-0.1, -0.05) is 0 Å². The van der Waals surface area contributed by atoms with Gasteiger partial charge in [-0.05, 0) is 13.8 Å². The van der Waals surface area contributed by atoms with Crippen LogP contribution in [0.2, 0.25) is 0 Å². The molecule has 0 aromatic heterocycles. The lowest BCUT2D eigenvalue weighted by Crippen LogP contribution is -2.59. The third-order valence-corrected chi connectivity index (χ3v) is 3.28. The van der Waals surface area contributed by atoms with Crippen molar-refractivity contribution < 1.29 is 4.79 Å². The lowest BCUT2D eigenvalue weighted by atomic mass is 10.2. The van der Waals surface area contributed by atoms with Crippen molar-refractivity contribution in [2.24, 2.45) is 0 Å². The van der Waals surface area contributed by atoms with Crippen LogP contribution in [0.5, 0.6) is 0 Å². The molecule has 0 saturated carbocycles. The topological polar surface area (TPSA) is 47.6 Å². The highest BCUT2D eigenvalue weighted by molar-refractivity contribution is 5.85. The van der Waals surface area contributed by atoms with E-state index in [4.69, 9.17) is 0 Å². The molecular formula is C11H23ClN4O. The Balaban J connectivity index is 0.00000144. The van der Waals surface area contributed by atoms with Crippen molar-refractivity contribution in [3.63, 3.8) is 0 Å². The van der Waals surface area contributed by atoms with E-state index in [9.17, 15) is 4.79 Å². The first-order valence-electron chi connectivity index (χ1n) is 6.17. The van der Waals surface area contributed by atoms with E-state index in [-0.39, 0.29) is 18.4 Å². The average Bonchev–Trinajstić information content (AvgIpc) is 2.28. The van der Waals surface area contributed by atoms with Crippen molar-refractivity contribution in [1.29, 1.82) is 0 Å². The quantitative estimate of drug-likeness (QED) is 0.652. The maximum Gasteiger partial charge on any atom is 0.320 e. The van der Waals surface area contributed by atoms with Gasteiger partial charge in [-0.3, -0.25) is 0 Å². The predicted molar refractivity (Wildman–Crippen MR) is 70.7 cm³/mol. The molecule has 0 unspecified atom stereocenters. The van der Waals surface area contributed by atoms with Crippen molar-refractivity contribution in [2.75, 3.05) is 39.3 Å². The van der Waals surface area contributed by atoms with Crippen LogP contribution >= 0.6 is 12.4 Å². The van der Waals surface area contributed by atoms with Crippen molar-refractivity contribution in [1.82, 2.24) is 20.4 Å². The number of amides is 2. The molecular weight excluding hydrogens is 240 g/mol. The fraction of sp³-hybridized carbons (Fsp3) is 0.909. The van der Waals surface area contributed by atoms with Crippen LogP contribution in [0.3, 0.4) is 0 Å². The third-order valence-electron chi connectivity index (χ3n) is 3.28. The summed E-state index contributed by atoms with van der Waals surface area (Å²) < 4.78 is 0. The number of hydrogen-bond acceptors (Lipinski definition) is 3. The maximum atomic E-state index is 12.2. The number of nitrogens with zero attached hydrogens (tertiary/aromatic N) is 2. The van der Waals surface area contributed by atoms with Crippen LogP contribution < -0.4 is 10.6 Å². The van der Waals surface area contributed by atoms with Gasteiger partial charge in [0.1, 0.15) is 0 Å². The Labute approximate surface area is 109 Å². The van der Waals surface area contributed by atoms with E-state index in [1.54, 1.807) is 0 Å². The fourth-order valence-corrected chi connectivity index (χ4v) is 2.41. The summed E-state index contributed by atoms with van der Waals surface area (Å²) in [5, 5.41) is 6.71. The van der Waals surface area contributed by atoms with Gasteiger partial charge in [0.2, 0.25) is 0 Å². The van der Waals surface area contributed by atoms with E-state index in [1.807, 2.05) is 9.80 Å². The zero-order valence-electron chi connectivity index (χ0n) is 10.6. The van der Waals surface area contributed by atoms with Gasteiger partial charge in [-0.25, -0.2) is 4.79 Å². The first-order chi connectivity index (χ1) is 7.66. The summed E-state index contributed by atoms with van der Waals surface area (Å²) in [4.78, 5) is 16.2. The monoisotopic (exact) mass is 262 g/mol. The molecule has 2 heterocycles. The van der Waals surface area contributed by atoms with E-state index in [0.29, 0.717) is 12.1 Å². The van der Waals surface area contributed by atoms with Gasteiger partial charge >= 0.3 is 6.03 Å². The summed E-state index contributed by atoms with van der Waals surface area (Å²) in [6.07, 6.45) is 0. The smallest absolute Gasteiger partial charge is 0.320 e. The Morgan fingerprint density at radius 3 is 1.76 bits per heavy atom. The molecule has 2 aliphatic heterocycles. The molecule has 0 radical (unpaired) electrons. The molecule has 2 aliphatic rings. The highest BCUT2D eigenvalue weighted by Crippen LogP contribution is 2.07. The van der Waals surface area contributed by atoms with E-state index in [2.05, 4.69) is 24.5 Å². The Kier molecular flexibility index (Phi) is 5.49. The predicted octanol–water partition coefficient (Wildman–Crippen LogP) is 0.116. The highest BCUT2D eigenvalue weighted by atomic mass is 35.5. The largest absolute Gasteiger partial charge is 0.322 e. The minimum Gasteiger partial charge on any atom is -0.322 e. The number of urea groups is 1. The maximum absolute atomic E-state index is 12.2. The Morgan fingerprint density at radius 2 is 1.41 bits per heavy atom. The molecule has 2 fully saturated rings. The highest BCUT2D eigenvalue weighted by Gasteiger charge is 2.27. The molecule has 0 aliphatic carbocycles. The molecule has 6 heteroatoms. The third kappa shape index (κ3) is 3.72. The molecule has 0 spiro atoms. The summed E-state index contributed by atoms with van der Waals surface area (Å²) in [5.41, 5.74) is 0. The van der Waals surface area contributed by atoms with Crippen molar-refractivity contribution in [2.45, 2.75) is 25.9 Å². The Morgan fingerprint density at radius 1 is 1.00 bits per heavy atom. The van der Waals surface area contributed by atoms with Crippen LogP contribution in [0.25, 0.3) is 0 Å². The number of hydrogen-bond donors (Lipinski definition) is 2. The fourth-order valence-electron chi connectivity index (χ4n) is 2.41. The van der Waals surface area contributed by atoms with E-state index in [0.717, 1.165) is 39.3 Å². The number of carbonyl (C=O) groups excluding carboxylic acids is 1. The van der Waals surface area contributed by atoms with Crippen LogP contribution in [0.4, 0.5) is 4.79 Å². The van der Waals surface area contributed by atoms with Gasteiger partial charge in [-0.15, -0.1) is 12.4 Å². The number of carbonyl (C=O) groups is 1. The Hall–Kier alpha value is -0.520.